The molecule has 0 unspecified atom stereocenters. The van der Waals surface area contributed by atoms with E-state index < -0.39 is 0 Å². The van der Waals surface area contributed by atoms with Crippen LogP contribution in [0.1, 0.15) is 29.8 Å². The minimum atomic E-state index is -0.221. The first-order valence-corrected chi connectivity index (χ1v) is 10.4. The van der Waals surface area contributed by atoms with Gasteiger partial charge in [0.15, 0.2) is 11.5 Å². The molecule has 156 valence electrons. The van der Waals surface area contributed by atoms with E-state index in [0.717, 1.165) is 36.6 Å². The van der Waals surface area contributed by atoms with Gasteiger partial charge >= 0.3 is 0 Å². The van der Waals surface area contributed by atoms with E-state index in [-0.39, 0.29) is 5.91 Å². The molecule has 2 N–H and O–H groups in total. The summed E-state index contributed by atoms with van der Waals surface area (Å²) >= 11 is 0. The number of carbonyl (C=O) groups is 1. The first-order chi connectivity index (χ1) is 14.7. The van der Waals surface area contributed by atoms with Crippen molar-refractivity contribution in [3.05, 3.63) is 54.2 Å². The van der Waals surface area contributed by atoms with Crippen molar-refractivity contribution >= 4 is 28.4 Å². The lowest BCUT2D eigenvalue weighted by atomic mass is 10.1. The van der Waals surface area contributed by atoms with Crippen molar-refractivity contribution in [3.8, 4) is 5.75 Å². The van der Waals surface area contributed by atoms with Crippen LogP contribution in [0, 0.1) is 0 Å². The largest absolute Gasteiger partial charge is 0.497 e. The van der Waals surface area contributed by atoms with Gasteiger partial charge in [-0.05, 0) is 62.3 Å². The highest BCUT2D eigenvalue weighted by atomic mass is 16.5. The number of anilines is 2. The van der Waals surface area contributed by atoms with E-state index in [1.165, 1.54) is 19.3 Å². The van der Waals surface area contributed by atoms with Crippen LogP contribution in [-0.2, 0) is 0 Å². The normalized spacial score (nSPS) is 14.4. The van der Waals surface area contributed by atoms with Crippen molar-refractivity contribution in [3.63, 3.8) is 0 Å². The van der Waals surface area contributed by atoms with Crippen molar-refractivity contribution < 1.29 is 9.53 Å². The molecule has 0 saturated carbocycles. The van der Waals surface area contributed by atoms with Gasteiger partial charge in [0.2, 0.25) is 0 Å². The zero-order chi connectivity index (χ0) is 20.8. The number of aromatic nitrogens is 2. The van der Waals surface area contributed by atoms with Crippen molar-refractivity contribution in [1.29, 1.82) is 0 Å². The third kappa shape index (κ3) is 4.86. The summed E-state index contributed by atoms with van der Waals surface area (Å²) in [7, 11) is 1.63. The van der Waals surface area contributed by atoms with Crippen molar-refractivity contribution in [1.82, 2.24) is 20.2 Å². The number of hydrogen-bond acceptors (Lipinski definition) is 6. The van der Waals surface area contributed by atoms with Crippen LogP contribution in [0.15, 0.2) is 48.5 Å². The molecular formula is C23H27N5O2. The second kappa shape index (κ2) is 9.54. The van der Waals surface area contributed by atoms with Gasteiger partial charge in [-0.1, -0.05) is 18.6 Å². The first-order valence-electron chi connectivity index (χ1n) is 10.4. The first kappa shape index (κ1) is 20.1. The van der Waals surface area contributed by atoms with Crippen LogP contribution in [-0.4, -0.2) is 54.1 Å². The zero-order valence-corrected chi connectivity index (χ0v) is 17.2. The minimum Gasteiger partial charge on any atom is -0.497 e. The number of nitrogens with one attached hydrogen (secondary N) is 2. The molecule has 1 aliphatic heterocycles. The molecule has 7 heteroatoms. The Morgan fingerprint density at radius 1 is 1.00 bits per heavy atom. The van der Waals surface area contributed by atoms with Crippen LogP contribution in [0.25, 0.3) is 11.0 Å². The number of para-hydroxylation sites is 2. The minimum absolute atomic E-state index is 0.221. The molecule has 4 rings (SSSR count). The van der Waals surface area contributed by atoms with Gasteiger partial charge in [0.1, 0.15) is 5.75 Å². The fourth-order valence-corrected chi connectivity index (χ4v) is 3.65. The molecule has 0 atom stereocenters. The van der Waals surface area contributed by atoms with Crippen molar-refractivity contribution in [2.75, 3.05) is 38.6 Å². The number of amides is 1. The molecule has 7 nitrogen and oxygen atoms in total. The molecule has 1 aromatic heterocycles. The number of piperidine rings is 1. The molecule has 0 radical (unpaired) electrons. The predicted octanol–water partition coefficient (Wildman–Crippen LogP) is 3.60. The third-order valence-corrected chi connectivity index (χ3v) is 5.30. The number of likely N-dealkylation sites (tertiary alicyclic amines) is 1. The maximum atomic E-state index is 12.9. The summed E-state index contributed by atoms with van der Waals surface area (Å²) in [4.78, 5) is 24.6. The Bertz CT molecular complexity index is 1000. The van der Waals surface area contributed by atoms with Crippen LogP contribution in [0.4, 0.5) is 11.5 Å². The molecule has 1 amide bonds. The Morgan fingerprint density at radius 2 is 1.70 bits per heavy atom. The fourth-order valence-electron chi connectivity index (χ4n) is 3.65. The number of methoxy groups -OCH3 is 1. The van der Waals surface area contributed by atoms with Crippen LogP contribution in [0.2, 0.25) is 0 Å². The average molecular weight is 406 g/mol. The number of rotatable bonds is 7. The van der Waals surface area contributed by atoms with Crippen LogP contribution in [0.5, 0.6) is 5.75 Å². The van der Waals surface area contributed by atoms with Gasteiger partial charge < -0.3 is 20.3 Å². The number of hydrogen-bond donors (Lipinski definition) is 2. The van der Waals surface area contributed by atoms with Crippen LogP contribution >= 0.6 is 0 Å². The predicted molar refractivity (Wildman–Crippen MR) is 118 cm³/mol. The molecular weight excluding hydrogens is 378 g/mol. The van der Waals surface area contributed by atoms with Gasteiger partial charge in [-0.2, -0.15) is 0 Å². The lowest BCUT2D eigenvalue weighted by Crippen LogP contribution is -2.38. The fraction of sp³-hybridized carbons (Fsp3) is 0.348. The molecule has 1 aliphatic rings. The van der Waals surface area contributed by atoms with Crippen LogP contribution < -0.4 is 15.4 Å². The standard InChI is InChI=1S/C23H27N5O2/c1-30-18-11-9-17(10-12-18)25-22-21(26-19-7-3-4-8-20(19)27-22)23(29)24-13-16-28-14-5-2-6-15-28/h3-4,7-12H,2,5-6,13-16H2,1H3,(H,24,29)(H,25,27). The smallest absolute Gasteiger partial charge is 0.273 e. The maximum Gasteiger partial charge on any atom is 0.273 e. The van der Waals surface area contributed by atoms with E-state index in [0.29, 0.717) is 23.6 Å². The van der Waals surface area contributed by atoms with Gasteiger partial charge in [0.25, 0.3) is 5.91 Å². The summed E-state index contributed by atoms with van der Waals surface area (Å²) in [5.41, 5.74) is 2.53. The van der Waals surface area contributed by atoms with E-state index in [1.807, 2.05) is 48.5 Å². The average Bonchev–Trinajstić information content (AvgIpc) is 2.80. The highest BCUT2D eigenvalue weighted by Gasteiger charge is 2.17. The maximum absolute atomic E-state index is 12.9. The van der Waals surface area contributed by atoms with Gasteiger partial charge in [0, 0.05) is 18.8 Å². The number of benzene rings is 2. The Balaban J connectivity index is 1.53. The molecule has 0 spiro atoms. The van der Waals surface area contributed by atoms with Gasteiger partial charge in [-0.3, -0.25) is 4.79 Å². The summed E-state index contributed by atoms with van der Waals surface area (Å²) < 4.78 is 5.21. The summed E-state index contributed by atoms with van der Waals surface area (Å²) in [5.74, 6) is 0.983. The van der Waals surface area contributed by atoms with Crippen molar-refractivity contribution in [2.24, 2.45) is 0 Å². The Hall–Kier alpha value is -3.19. The second-order valence-electron chi connectivity index (χ2n) is 7.42. The Labute approximate surface area is 176 Å². The van der Waals surface area contributed by atoms with Gasteiger partial charge in [-0.25, -0.2) is 9.97 Å². The SMILES string of the molecule is COc1ccc(Nc2nc3ccccc3nc2C(=O)NCCN2CCCCC2)cc1. The zero-order valence-electron chi connectivity index (χ0n) is 17.2. The molecule has 0 aliphatic carbocycles. The number of carbonyl (C=O) groups excluding carboxylic acids is 1. The van der Waals surface area contributed by atoms with Gasteiger partial charge in [0.05, 0.1) is 18.1 Å². The number of ether oxygens (including phenoxy) is 1. The topological polar surface area (TPSA) is 79.4 Å². The van der Waals surface area contributed by atoms with E-state index in [1.54, 1.807) is 7.11 Å². The summed E-state index contributed by atoms with van der Waals surface area (Å²) in [5, 5.41) is 6.25. The van der Waals surface area contributed by atoms with Crippen molar-refractivity contribution in [2.45, 2.75) is 19.3 Å². The van der Waals surface area contributed by atoms with E-state index in [2.05, 4.69) is 25.5 Å². The Kier molecular flexibility index (Phi) is 6.39. The lowest BCUT2D eigenvalue weighted by molar-refractivity contribution is 0.0942. The van der Waals surface area contributed by atoms with Crippen LogP contribution in [0.3, 0.4) is 0 Å². The Morgan fingerprint density at radius 3 is 2.40 bits per heavy atom. The molecule has 2 aromatic carbocycles. The van der Waals surface area contributed by atoms with E-state index >= 15 is 0 Å². The molecule has 30 heavy (non-hydrogen) atoms. The lowest BCUT2D eigenvalue weighted by Gasteiger charge is -2.26. The second-order valence-corrected chi connectivity index (χ2v) is 7.42. The highest BCUT2D eigenvalue weighted by molar-refractivity contribution is 5.99. The van der Waals surface area contributed by atoms with E-state index in [4.69, 9.17) is 4.74 Å². The molecule has 1 saturated heterocycles. The highest BCUT2D eigenvalue weighted by Crippen LogP contribution is 2.23. The molecule has 2 heterocycles. The number of nitrogens with zero attached hydrogens (tertiary/aromatic N) is 3. The summed E-state index contributed by atoms with van der Waals surface area (Å²) in [6.07, 6.45) is 3.77. The summed E-state index contributed by atoms with van der Waals surface area (Å²) in [6, 6.07) is 15.0. The summed E-state index contributed by atoms with van der Waals surface area (Å²) in [6.45, 7) is 3.66. The third-order valence-electron chi connectivity index (χ3n) is 5.30. The van der Waals surface area contributed by atoms with Gasteiger partial charge in [-0.15, -0.1) is 0 Å². The molecule has 0 bridgehead atoms. The number of fused-ring (bicyclic) bond motifs is 1. The van der Waals surface area contributed by atoms with E-state index in [9.17, 15) is 4.79 Å². The molecule has 1 fully saturated rings. The quantitative estimate of drug-likeness (QED) is 0.625. The monoisotopic (exact) mass is 405 g/mol. The molecule has 3 aromatic rings.